The molecule has 8 heavy (non-hydrogen) atoms. The lowest BCUT2D eigenvalue weighted by Crippen LogP contribution is -2.30. The van der Waals surface area contributed by atoms with Crippen LogP contribution in [0.2, 0.25) is 0 Å². The van der Waals surface area contributed by atoms with E-state index < -0.39 is 5.79 Å². The molecule has 48 valence electrons. The quantitative estimate of drug-likeness (QED) is 0.452. The van der Waals surface area contributed by atoms with Gasteiger partial charge in [-0.3, -0.25) is 0 Å². The fourth-order valence-corrected chi connectivity index (χ4v) is 1.15. The van der Waals surface area contributed by atoms with Gasteiger partial charge in [0.15, 0.2) is 5.79 Å². The molecular weight excluding hydrogens is 104 g/mol. The molecule has 0 aromatic carbocycles. The van der Waals surface area contributed by atoms with E-state index in [1.807, 2.05) is 6.92 Å². The highest BCUT2D eigenvalue weighted by atomic mass is 16.5. The molecule has 1 saturated carbocycles. The van der Waals surface area contributed by atoms with Gasteiger partial charge in [0.1, 0.15) is 0 Å². The highest BCUT2D eigenvalue weighted by Gasteiger charge is 2.35. The molecule has 2 nitrogen and oxygen atoms in total. The maximum absolute atomic E-state index is 9.02. The fraction of sp³-hybridized carbons (Fsp3) is 1.00. The Bertz CT molecular complexity index is 88.5. The first-order chi connectivity index (χ1) is 3.63. The van der Waals surface area contributed by atoms with Gasteiger partial charge in [-0.2, -0.15) is 0 Å². The second-order valence-corrected chi connectivity index (χ2v) is 2.67. The lowest BCUT2D eigenvalue weighted by Gasteiger charge is -2.19. The van der Waals surface area contributed by atoms with Crippen LogP contribution in [0.25, 0.3) is 0 Å². The molecule has 2 heteroatoms. The van der Waals surface area contributed by atoms with Gasteiger partial charge < -0.3 is 10.2 Å². The lowest BCUT2D eigenvalue weighted by molar-refractivity contribution is -0.180. The second-order valence-electron chi connectivity index (χ2n) is 2.67. The normalized spacial score (nSPS) is 35.6. The van der Waals surface area contributed by atoms with Crippen LogP contribution in [0.5, 0.6) is 0 Å². The van der Waals surface area contributed by atoms with Gasteiger partial charge in [-0.25, -0.2) is 0 Å². The molecular formula is C6H12O2. The maximum atomic E-state index is 9.02. The Hall–Kier alpha value is -0.0800. The van der Waals surface area contributed by atoms with E-state index in [1.165, 1.54) is 0 Å². The van der Waals surface area contributed by atoms with Crippen LogP contribution in [0.3, 0.4) is 0 Å². The summed E-state index contributed by atoms with van der Waals surface area (Å²) < 4.78 is 0. The first-order valence-electron chi connectivity index (χ1n) is 3.08. The highest BCUT2D eigenvalue weighted by Crippen LogP contribution is 2.32. The molecule has 0 aromatic heterocycles. The van der Waals surface area contributed by atoms with Gasteiger partial charge in [0.25, 0.3) is 0 Å². The van der Waals surface area contributed by atoms with E-state index in [9.17, 15) is 0 Å². The Morgan fingerprint density at radius 2 is 2.12 bits per heavy atom. The summed E-state index contributed by atoms with van der Waals surface area (Å²) in [4.78, 5) is 0. The Morgan fingerprint density at radius 1 is 1.50 bits per heavy atom. The molecule has 1 aliphatic carbocycles. The summed E-state index contributed by atoms with van der Waals surface area (Å²) in [6, 6.07) is 0. The third kappa shape index (κ3) is 0.858. The molecule has 0 radical (unpaired) electrons. The van der Waals surface area contributed by atoms with Crippen LogP contribution in [0.1, 0.15) is 26.2 Å². The molecule has 2 N–H and O–H groups in total. The third-order valence-electron chi connectivity index (χ3n) is 1.97. The maximum Gasteiger partial charge on any atom is 0.165 e. The lowest BCUT2D eigenvalue weighted by atomic mass is 10.1. The molecule has 1 fully saturated rings. The number of aliphatic hydroxyl groups is 2. The van der Waals surface area contributed by atoms with E-state index in [1.54, 1.807) is 0 Å². The van der Waals surface area contributed by atoms with Crippen molar-refractivity contribution in [1.29, 1.82) is 0 Å². The van der Waals surface area contributed by atoms with E-state index >= 15 is 0 Å². The SMILES string of the molecule is CC1CCCC1(O)O. The van der Waals surface area contributed by atoms with Crippen molar-refractivity contribution >= 4 is 0 Å². The van der Waals surface area contributed by atoms with Crippen LogP contribution >= 0.6 is 0 Å². The Kier molecular flexibility index (Phi) is 1.29. The number of hydrogen-bond donors (Lipinski definition) is 2. The van der Waals surface area contributed by atoms with Crippen molar-refractivity contribution in [2.45, 2.75) is 32.0 Å². The van der Waals surface area contributed by atoms with Crippen molar-refractivity contribution in [1.82, 2.24) is 0 Å². The number of rotatable bonds is 0. The molecule has 0 amide bonds. The van der Waals surface area contributed by atoms with Crippen molar-refractivity contribution < 1.29 is 10.2 Å². The minimum absolute atomic E-state index is 0.0718. The smallest absolute Gasteiger partial charge is 0.165 e. The Labute approximate surface area is 49.1 Å². The molecule has 1 rings (SSSR count). The van der Waals surface area contributed by atoms with Crippen LogP contribution in [-0.2, 0) is 0 Å². The van der Waals surface area contributed by atoms with Crippen molar-refractivity contribution in [2.24, 2.45) is 5.92 Å². The monoisotopic (exact) mass is 116 g/mol. The fourth-order valence-electron chi connectivity index (χ4n) is 1.15. The summed E-state index contributed by atoms with van der Waals surface area (Å²) in [5.41, 5.74) is 0. The third-order valence-corrected chi connectivity index (χ3v) is 1.97. The van der Waals surface area contributed by atoms with Crippen molar-refractivity contribution in [3.8, 4) is 0 Å². The summed E-state index contributed by atoms with van der Waals surface area (Å²) in [6.45, 7) is 1.87. The van der Waals surface area contributed by atoms with E-state index in [2.05, 4.69) is 0 Å². The van der Waals surface area contributed by atoms with Gasteiger partial charge in [-0.1, -0.05) is 6.92 Å². The van der Waals surface area contributed by atoms with Crippen LogP contribution < -0.4 is 0 Å². The average Bonchev–Trinajstić information content (AvgIpc) is 1.86. The standard InChI is InChI=1S/C6H12O2/c1-5-3-2-4-6(5,7)8/h5,7-8H,2-4H2,1H3. The zero-order valence-corrected chi connectivity index (χ0v) is 5.09. The van der Waals surface area contributed by atoms with Gasteiger partial charge in [-0.05, 0) is 12.8 Å². The van der Waals surface area contributed by atoms with E-state index in [4.69, 9.17) is 10.2 Å². The summed E-state index contributed by atoms with van der Waals surface area (Å²) in [5.74, 6) is -1.28. The first-order valence-corrected chi connectivity index (χ1v) is 3.08. The van der Waals surface area contributed by atoms with Gasteiger partial charge in [0.05, 0.1) is 0 Å². The molecule has 0 aliphatic heterocycles. The van der Waals surface area contributed by atoms with E-state index in [-0.39, 0.29) is 5.92 Å². The van der Waals surface area contributed by atoms with Crippen LogP contribution in [0.4, 0.5) is 0 Å². The summed E-state index contributed by atoms with van der Waals surface area (Å²) >= 11 is 0. The zero-order chi connectivity index (χ0) is 6.20. The Morgan fingerprint density at radius 3 is 2.25 bits per heavy atom. The van der Waals surface area contributed by atoms with Gasteiger partial charge in [-0.15, -0.1) is 0 Å². The molecule has 0 bridgehead atoms. The molecule has 0 saturated heterocycles. The molecule has 0 heterocycles. The number of hydrogen-bond acceptors (Lipinski definition) is 2. The Balaban J connectivity index is 2.54. The van der Waals surface area contributed by atoms with Gasteiger partial charge in [0.2, 0.25) is 0 Å². The largest absolute Gasteiger partial charge is 0.365 e. The van der Waals surface area contributed by atoms with Crippen LogP contribution in [0.15, 0.2) is 0 Å². The zero-order valence-electron chi connectivity index (χ0n) is 5.09. The van der Waals surface area contributed by atoms with E-state index in [0.29, 0.717) is 6.42 Å². The topological polar surface area (TPSA) is 40.5 Å². The highest BCUT2D eigenvalue weighted by molar-refractivity contribution is 4.79. The molecule has 1 unspecified atom stereocenters. The van der Waals surface area contributed by atoms with Crippen molar-refractivity contribution in [3.63, 3.8) is 0 Å². The van der Waals surface area contributed by atoms with Crippen LogP contribution in [-0.4, -0.2) is 16.0 Å². The molecule has 1 atom stereocenters. The summed E-state index contributed by atoms with van der Waals surface area (Å²) in [5, 5.41) is 18.0. The van der Waals surface area contributed by atoms with Crippen molar-refractivity contribution in [3.05, 3.63) is 0 Å². The van der Waals surface area contributed by atoms with Gasteiger partial charge in [0, 0.05) is 12.3 Å². The first kappa shape index (κ1) is 6.05. The second kappa shape index (κ2) is 1.71. The minimum Gasteiger partial charge on any atom is -0.365 e. The minimum atomic E-state index is -1.35. The molecule has 0 spiro atoms. The predicted octanol–water partition coefficient (Wildman–Crippen LogP) is 0.487. The van der Waals surface area contributed by atoms with Crippen LogP contribution in [0, 0.1) is 5.92 Å². The molecule has 1 aliphatic rings. The van der Waals surface area contributed by atoms with Gasteiger partial charge >= 0.3 is 0 Å². The summed E-state index contributed by atoms with van der Waals surface area (Å²) in [6.07, 6.45) is 2.45. The predicted molar refractivity (Wildman–Crippen MR) is 30.2 cm³/mol. The average molecular weight is 116 g/mol. The molecule has 0 aromatic rings. The van der Waals surface area contributed by atoms with E-state index in [0.717, 1.165) is 12.8 Å². The van der Waals surface area contributed by atoms with Crippen molar-refractivity contribution in [2.75, 3.05) is 0 Å². The summed E-state index contributed by atoms with van der Waals surface area (Å²) in [7, 11) is 0.